The van der Waals surface area contributed by atoms with Crippen LogP contribution in [0.1, 0.15) is 19.4 Å². The van der Waals surface area contributed by atoms with Crippen molar-refractivity contribution in [1.82, 2.24) is 4.31 Å². The quantitative estimate of drug-likeness (QED) is 0.658. The Morgan fingerprint density at radius 3 is 2.53 bits per heavy atom. The number of halogens is 1. The molecule has 1 aromatic carbocycles. The van der Waals surface area contributed by atoms with Crippen molar-refractivity contribution in [2.45, 2.75) is 25.7 Å². The van der Waals surface area contributed by atoms with Crippen molar-refractivity contribution in [3.8, 4) is 0 Å². The number of nitrogen functional groups attached to an aromatic ring is 1. The molecule has 6 heteroatoms. The molecule has 0 saturated heterocycles. The highest BCUT2D eigenvalue weighted by molar-refractivity contribution is 9.10. The molecule has 0 spiro atoms. The minimum absolute atomic E-state index is 0.238. The molecule has 4 nitrogen and oxygen atoms in total. The van der Waals surface area contributed by atoms with Crippen molar-refractivity contribution < 1.29 is 8.42 Å². The van der Waals surface area contributed by atoms with Crippen LogP contribution in [0.3, 0.4) is 0 Å². The summed E-state index contributed by atoms with van der Waals surface area (Å²) in [5.41, 5.74) is 7.66. The third-order valence-corrected chi connectivity index (χ3v) is 5.29. The second-order valence-electron chi connectivity index (χ2n) is 4.51. The van der Waals surface area contributed by atoms with Crippen molar-refractivity contribution in [2.24, 2.45) is 0 Å². The lowest BCUT2D eigenvalue weighted by Crippen LogP contribution is -2.32. The molecular weight excluding hydrogens is 328 g/mol. The van der Waals surface area contributed by atoms with Gasteiger partial charge in [-0.15, -0.1) is 0 Å². The second kappa shape index (κ2) is 6.07. The molecule has 1 aromatic rings. The zero-order valence-corrected chi connectivity index (χ0v) is 13.8. The number of nitrogens with two attached hydrogens (primary N) is 1. The highest BCUT2D eigenvalue weighted by Gasteiger charge is 2.25. The van der Waals surface area contributed by atoms with Gasteiger partial charge in [0, 0.05) is 23.2 Å². The van der Waals surface area contributed by atoms with E-state index >= 15 is 0 Å². The molecule has 0 amide bonds. The summed E-state index contributed by atoms with van der Waals surface area (Å²) in [4.78, 5) is 0.238. The van der Waals surface area contributed by atoms with Gasteiger partial charge in [0.1, 0.15) is 0 Å². The molecule has 0 aliphatic rings. The summed E-state index contributed by atoms with van der Waals surface area (Å²) in [7, 11) is -3.56. The highest BCUT2D eigenvalue weighted by atomic mass is 79.9. The SMILES string of the molecule is C=C(C)CN(CC)S(=O)(=O)c1cc(Br)cc(N)c1C. The molecule has 0 fully saturated rings. The average Bonchev–Trinajstić information content (AvgIpc) is 2.30. The van der Waals surface area contributed by atoms with Crippen LogP contribution in [0.25, 0.3) is 0 Å². The van der Waals surface area contributed by atoms with Crippen molar-refractivity contribution >= 4 is 31.6 Å². The fourth-order valence-electron chi connectivity index (χ4n) is 1.75. The lowest BCUT2D eigenvalue weighted by molar-refractivity contribution is 0.452. The molecular formula is C13H19BrN2O2S. The summed E-state index contributed by atoms with van der Waals surface area (Å²) in [5, 5.41) is 0. The van der Waals surface area contributed by atoms with Gasteiger partial charge < -0.3 is 5.73 Å². The average molecular weight is 347 g/mol. The van der Waals surface area contributed by atoms with Crippen LogP contribution in [0.15, 0.2) is 33.7 Å². The van der Waals surface area contributed by atoms with Crippen LogP contribution < -0.4 is 5.73 Å². The fourth-order valence-corrected chi connectivity index (χ4v) is 4.17. The topological polar surface area (TPSA) is 63.4 Å². The van der Waals surface area contributed by atoms with Gasteiger partial charge >= 0.3 is 0 Å². The van der Waals surface area contributed by atoms with E-state index in [-0.39, 0.29) is 4.90 Å². The first kappa shape index (κ1) is 16.2. The Balaban J connectivity index is 3.37. The van der Waals surface area contributed by atoms with Crippen LogP contribution in [0.2, 0.25) is 0 Å². The van der Waals surface area contributed by atoms with E-state index in [4.69, 9.17) is 5.73 Å². The molecule has 0 unspecified atom stereocenters. The Kier molecular flexibility index (Phi) is 5.18. The summed E-state index contributed by atoms with van der Waals surface area (Å²) in [6.45, 7) is 9.79. The van der Waals surface area contributed by atoms with Gasteiger partial charge in [0.15, 0.2) is 0 Å². The molecule has 0 aliphatic heterocycles. The van der Waals surface area contributed by atoms with Gasteiger partial charge in [-0.3, -0.25) is 0 Å². The van der Waals surface area contributed by atoms with Crippen molar-refractivity contribution in [2.75, 3.05) is 18.8 Å². The van der Waals surface area contributed by atoms with Crippen LogP contribution in [0.4, 0.5) is 5.69 Å². The predicted octanol–water partition coefficient (Wildman–Crippen LogP) is 2.93. The summed E-state index contributed by atoms with van der Waals surface area (Å²) in [6.07, 6.45) is 0. The predicted molar refractivity (Wildman–Crippen MR) is 82.5 cm³/mol. The van der Waals surface area contributed by atoms with Crippen LogP contribution in [0, 0.1) is 6.92 Å². The van der Waals surface area contributed by atoms with Crippen molar-refractivity contribution in [3.63, 3.8) is 0 Å². The van der Waals surface area contributed by atoms with Gasteiger partial charge in [-0.05, 0) is 31.5 Å². The zero-order chi connectivity index (χ0) is 14.8. The second-order valence-corrected chi connectivity index (χ2v) is 7.33. The molecule has 0 aromatic heterocycles. The minimum Gasteiger partial charge on any atom is -0.398 e. The standard InChI is InChI=1S/C13H19BrN2O2S/c1-5-16(8-9(2)3)19(17,18)13-7-11(14)6-12(15)10(13)4/h6-7H,2,5,8,15H2,1,3-4H3. The molecule has 0 atom stereocenters. The summed E-state index contributed by atoms with van der Waals surface area (Å²) in [5.74, 6) is 0. The minimum atomic E-state index is -3.56. The molecule has 106 valence electrons. The number of sulfonamides is 1. The largest absolute Gasteiger partial charge is 0.398 e. The number of likely N-dealkylation sites (N-methyl/N-ethyl adjacent to an activating group) is 1. The first-order valence-corrected chi connectivity index (χ1v) is 8.13. The first-order valence-electron chi connectivity index (χ1n) is 5.90. The Hall–Kier alpha value is -0.850. The van der Waals surface area contributed by atoms with Gasteiger partial charge in [-0.1, -0.05) is 35.0 Å². The lowest BCUT2D eigenvalue weighted by atomic mass is 10.2. The summed E-state index contributed by atoms with van der Waals surface area (Å²) in [6, 6.07) is 3.28. The molecule has 2 N–H and O–H groups in total. The van der Waals surface area contributed by atoms with E-state index in [0.29, 0.717) is 28.8 Å². The van der Waals surface area contributed by atoms with E-state index in [0.717, 1.165) is 5.57 Å². The summed E-state index contributed by atoms with van der Waals surface area (Å²) < 4.78 is 27.3. The van der Waals surface area contributed by atoms with Crippen LogP contribution in [0.5, 0.6) is 0 Å². The number of hydrogen-bond donors (Lipinski definition) is 1. The monoisotopic (exact) mass is 346 g/mol. The van der Waals surface area contributed by atoms with E-state index in [1.165, 1.54) is 4.31 Å². The van der Waals surface area contributed by atoms with Crippen LogP contribution in [-0.4, -0.2) is 25.8 Å². The molecule has 0 aliphatic carbocycles. The van der Waals surface area contributed by atoms with Crippen LogP contribution in [-0.2, 0) is 10.0 Å². The number of hydrogen-bond acceptors (Lipinski definition) is 3. The van der Waals surface area contributed by atoms with Crippen LogP contribution >= 0.6 is 15.9 Å². The van der Waals surface area contributed by atoms with Gasteiger partial charge in [-0.2, -0.15) is 4.31 Å². The highest BCUT2D eigenvalue weighted by Crippen LogP contribution is 2.28. The molecule has 0 heterocycles. The Morgan fingerprint density at radius 2 is 2.05 bits per heavy atom. The third-order valence-electron chi connectivity index (χ3n) is 2.78. The Morgan fingerprint density at radius 1 is 1.47 bits per heavy atom. The maximum absolute atomic E-state index is 12.6. The number of benzene rings is 1. The number of rotatable bonds is 5. The first-order chi connectivity index (χ1) is 8.70. The molecule has 1 rings (SSSR count). The van der Waals surface area contributed by atoms with E-state index in [2.05, 4.69) is 22.5 Å². The number of anilines is 1. The molecule has 0 saturated carbocycles. The van der Waals surface area contributed by atoms with E-state index in [1.54, 1.807) is 32.9 Å². The zero-order valence-electron chi connectivity index (χ0n) is 11.4. The maximum Gasteiger partial charge on any atom is 0.243 e. The lowest BCUT2D eigenvalue weighted by Gasteiger charge is -2.22. The Labute approximate surface area is 123 Å². The van der Waals surface area contributed by atoms with Gasteiger partial charge in [0.25, 0.3) is 0 Å². The van der Waals surface area contributed by atoms with E-state index in [1.807, 2.05) is 0 Å². The van der Waals surface area contributed by atoms with Gasteiger partial charge in [0.05, 0.1) is 4.90 Å². The third kappa shape index (κ3) is 3.58. The maximum atomic E-state index is 12.6. The smallest absolute Gasteiger partial charge is 0.243 e. The molecule has 19 heavy (non-hydrogen) atoms. The fraction of sp³-hybridized carbons (Fsp3) is 0.385. The summed E-state index contributed by atoms with van der Waals surface area (Å²) >= 11 is 3.28. The molecule has 0 radical (unpaired) electrons. The van der Waals surface area contributed by atoms with Gasteiger partial charge in [-0.25, -0.2) is 8.42 Å². The molecule has 0 bridgehead atoms. The van der Waals surface area contributed by atoms with Gasteiger partial charge in [0.2, 0.25) is 10.0 Å². The number of nitrogens with zero attached hydrogens (tertiary/aromatic N) is 1. The van der Waals surface area contributed by atoms with E-state index in [9.17, 15) is 8.42 Å². The normalized spacial score (nSPS) is 11.8. The van der Waals surface area contributed by atoms with Crippen molar-refractivity contribution in [3.05, 3.63) is 34.3 Å². The van der Waals surface area contributed by atoms with E-state index < -0.39 is 10.0 Å². The Bertz CT molecular complexity index is 597. The van der Waals surface area contributed by atoms with Crippen molar-refractivity contribution in [1.29, 1.82) is 0 Å².